The van der Waals surface area contributed by atoms with E-state index in [4.69, 9.17) is 23.7 Å². The molecule has 2 rings (SSSR count). The fraction of sp³-hybridized carbons (Fsp3) is 0.250. The Hall–Kier alpha value is -3.03. The lowest BCUT2D eigenvalue weighted by Gasteiger charge is -2.17. The fourth-order valence-electron chi connectivity index (χ4n) is 2.50. The molecule has 2 aromatic carbocycles. The maximum absolute atomic E-state index is 11.3. The molecular formula is C20H22O7. The fourth-order valence-corrected chi connectivity index (χ4v) is 2.50. The third-order valence-electron chi connectivity index (χ3n) is 3.65. The van der Waals surface area contributed by atoms with Gasteiger partial charge in [0.1, 0.15) is 17.8 Å². The number of carbonyl (C=O) groups excluding carboxylic acids is 1. The molecule has 0 saturated heterocycles. The minimum atomic E-state index is -0.0353. The molecular weight excluding hydrogens is 352 g/mol. The molecule has 144 valence electrons. The Kier molecular flexibility index (Phi) is 7.66. The van der Waals surface area contributed by atoms with Crippen molar-refractivity contribution in [2.24, 2.45) is 0 Å². The molecule has 7 heteroatoms. The Bertz CT molecular complexity index is 799. The van der Waals surface area contributed by atoms with Gasteiger partial charge in [0.05, 0.1) is 12.7 Å². The van der Waals surface area contributed by atoms with Crippen molar-refractivity contribution in [3.63, 3.8) is 0 Å². The first-order chi connectivity index (χ1) is 13.2. The number of benzene rings is 2. The van der Waals surface area contributed by atoms with Gasteiger partial charge < -0.3 is 28.8 Å². The predicted molar refractivity (Wildman–Crippen MR) is 99.3 cm³/mol. The van der Waals surface area contributed by atoms with E-state index in [9.17, 15) is 9.90 Å². The van der Waals surface area contributed by atoms with Crippen molar-refractivity contribution in [1.29, 1.82) is 0 Å². The number of phenolic OH excluding ortho intramolecular Hbond substituents is 1. The normalized spacial score (nSPS) is 11.1. The van der Waals surface area contributed by atoms with Gasteiger partial charge in [0.15, 0.2) is 25.1 Å². The van der Waals surface area contributed by atoms with Gasteiger partial charge in [-0.15, -0.1) is 0 Å². The zero-order chi connectivity index (χ0) is 19.6. The Morgan fingerprint density at radius 1 is 0.963 bits per heavy atom. The number of aromatic hydroxyl groups is 1. The summed E-state index contributed by atoms with van der Waals surface area (Å²) in [6, 6.07) is 9.98. The number of phenols is 1. The number of rotatable bonds is 10. The molecule has 0 aliphatic heterocycles. The zero-order valence-electron chi connectivity index (χ0n) is 15.4. The second kappa shape index (κ2) is 10.2. The van der Waals surface area contributed by atoms with Crippen molar-refractivity contribution in [2.75, 3.05) is 34.9 Å². The van der Waals surface area contributed by atoms with Crippen LogP contribution in [0.25, 0.3) is 5.57 Å². The van der Waals surface area contributed by atoms with Crippen LogP contribution in [-0.2, 0) is 14.3 Å². The van der Waals surface area contributed by atoms with E-state index in [1.165, 1.54) is 33.5 Å². The smallest absolute Gasteiger partial charge is 0.188 e. The van der Waals surface area contributed by atoms with E-state index in [2.05, 4.69) is 0 Å². The SMILES string of the molecule is COCOc1cc(/C(=C/C=O)c2c(O)cccc2OCOC)ccc1OC. The first-order valence-electron chi connectivity index (χ1n) is 8.06. The Morgan fingerprint density at radius 3 is 2.30 bits per heavy atom. The molecule has 0 amide bonds. The van der Waals surface area contributed by atoms with E-state index in [-0.39, 0.29) is 19.3 Å². The van der Waals surface area contributed by atoms with Gasteiger partial charge in [0.2, 0.25) is 0 Å². The van der Waals surface area contributed by atoms with Crippen LogP contribution in [0.15, 0.2) is 42.5 Å². The van der Waals surface area contributed by atoms with E-state index in [1.807, 2.05) is 0 Å². The van der Waals surface area contributed by atoms with Crippen LogP contribution >= 0.6 is 0 Å². The number of hydrogen-bond acceptors (Lipinski definition) is 7. The highest BCUT2D eigenvalue weighted by molar-refractivity contribution is 5.93. The third kappa shape index (κ3) is 4.99. The summed E-state index contributed by atoms with van der Waals surface area (Å²) in [7, 11) is 4.53. The molecule has 0 saturated carbocycles. The number of carbonyl (C=O) groups is 1. The first kappa shape index (κ1) is 20.3. The molecule has 1 N–H and O–H groups in total. The van der Waals surface area contributed by atoms with E-state index < -0.39 is 0 Å². The molecule has 0 heterocycles. The van der Waals surface area contributed by atoms with Crippen LogP contribution < -0.4 is 14.2 Å². The van der Waals surface area contributed by atoms with Gasteiger partial charge in [-0.1, -0.05) is 12.1 Å². The third-order valence-corrected chi connectivity index (χ3v) is 3.65. The quantitative estimate of drug-likeness (QED) is 0.389. The molecule has 0 atom stereocenters. The first-order valence-corrected chi connectivity index (χ1v) is 8.06. The van der Waals surface area contributed by atoms with E-state index in [1.54, 1.807) is 30.3 Å². The van der Waals surface area contributed by atoms with Gasteiger partial charge in [-0.25, -0.2) is 0 Å². The second-order valence-electron chi connectivity index (χ2n) is 5.33. The summed E-state index contributed by atoms with van der Waals surface area (Å²) < 4.78 is 26.2. The van der Waals surface area contributed by atoms with Crippen LogP contribution in [0.4, 0.5) is 0 Å². The van der Waals surface area contributed by atoms with E-state index >= 15 is 0 Å². The number of hydrogen-bond donors (Lipinski definition) is 1. The monoisotopic (exact) mass is 374 g/mol. The van der Waals surface area contributed by atoms with Crippen LogP contribution in [0.3, 0.4) is 0 Å². The number of allylic oxidation sites excluding steroid dienone is 1. The molecule has 0 spiro atoms. The standard InChI is InChI=1S/C20H22O7/c1-23-12-26-18-6-4-5-16(22)20(18)15(9-10-21)14-7-8-17(25-3)19(11-14)27-13-24-2/h4-11,22H,12-13H2,1-3H3/b15-9-. The van der Waals surface area contributed by atoms with Crippen molar-refractivity contribution in [3.05, 3.63) is 53.6 Å². The summed E-state index contributed by atoms with van der Waals surface area (Å²) >= 11 is 0. The Labute approximate surface area is 157 Å². The van der Waals surface area contributed by atoms with E-state index in [0.29, 0.717) is 40.2 Å². The number of aldehydes is 1. The second-order valence-corrected chi connectivity index (χ2v) is 5.33. The summed E-state index contributed by atoms with van der Waals surface area (Å²) in [5.41, 5.74) is 1.45. The summed E-state index contributed by atoms with van der Waals surface area (Å²) in [6.07, 6.45) is 1.98. The maximum Gasteiger partial charge on any atom is 0.188 e. The molecule has 0 aliphatic carbocycles. The Morgan fingerprint density at radius 2 is 1.67 bits per heavy atom. The lowest BCUT2D eigenvalue weighted by atomic mass is 9.95. The number of methoxy groups -OCH3 is 3. The minimum absolute atomic E-state index is 0.00433. The van der Waals surface area contributed by atoms with Crippen molar-refractivity contribution in [2.45, 2.75) is 0 Å². The van der Waals surface area contributed by atoms with Crippen LogP contribution in [0.1, 0.15) is 11.1 Å². The van der Waals surface area contributed by atoms with Gasteiger partial charge in [0.25, 0.3) is 0 Å². The molecule has 7 nitrogen and oxygen atoms in total. The summed E-state index contributed by atoms with van der Waals surface area (Å²) in [6.45, 7) is 0.0287. The minimum Gasteiger partial charge on any atom is -0.507 e. The van der Waals surface area contributed by atoms with Gasteiger partial charge in [-0.05, 0) is 41.5 Å². The van der Waals surface area contributed by atoms with Crippen LogP contribution in [0, 0.1) is 0 Å². The highest BCUT2D eigenvalue weighted by Crippen LogP contribution is 2.40. The number of ether oxygens (including phenoxy) is 5. The molecule has 0 fully saturated rings. The van der Waals surface area contributed by atoms with Crippen molar-refractivity contribution < 1.29 is 33.6 Å². The van der Waals surface area contributed by atoms with Crippen molar-refractivity contribution in [1.82, 2.24) is 0 Å². The molecule has 27 heavy (non-hydrogen) atoms. The topological polar surface area (TPSA) is 83.5 Å². The van der Waals surface area contributed by atoms with Gasteiger partial charge in [-0.3, -0.25) is 4.79 Å². The highest BCUT2D eigenvalue weighted by atomic mass is 16.7. The van der Waals surface area contributed by atoms with Crippen molar-refractivity contribution >= 4 is 11.9 Å². The van der Waals surface area contributed by atoms with Crippen LogP contribution in [0.5, 0.6) is 23.0 Å². The average molecular weight is 374 g/mol. The van der Waals surface area contributed by atoms with Crippen molar-refractivity contribution in [3.8, 4) is 23.0 Å². The zero-order valence-corrected chi connectivity index (χ0v) is 15.4. The van der Waals surface area contributed by atoms with Gasteiger partial charge in [0, 0.05) is 14.2 Å². The molecule has 0 aromatic heterocycles. The molecule has 0 bridgehead atoms. The predicted octanol–water partition coefficient (Wildman–Crippen LogP) is 3.00. The molecule has 0 unspecified atom stereocenters. The average Bonchev–Trinajstić information content (AvgIpc) is 2.69. The highest BCUT2D eigenvalue weighted by Gasteiger charge is 2.18. The lowest BCUT2D eigenvalue weighted by Crippen LogP contribution is -2.04. The molecule has 0 radical (unpaired) electrons. The maximum atomic E-state index is 11.3. The Balaban J connectivity index is 2.56. The molecule has 2 aromatic rings. The van der Waals surface area contributed by atoms with Gasteiger partial charge >= 0.3 is 0 Å². The summed E-state index contributed by atoms with van der Waals surface area (Å²) in [5.74, 6) is 1.28. The lowest BCUT2D eigenvalue weighted by molar-refractivity contribution is -0.104. The van der Waals surface area contributed by atoms with Gasteiger partial charge in [-0.2, -0.15) is 0 Å². The van der Waals surface area contributed by atoms with E-state index in [0.717, 1.165) is 0 Å². The summed E-state index contributed by atoms with van der Waals surface area (Å²) in [4.78, 5) is 11.3. The van der Waals surface area contributed by atoms with Crippen LogP contribution in [0.2, 0.25) is 0 Å². The largest absolute Gasteiger partial charge is 0.507 e. The van der Waals surface area contributed by atoms with Crippen LogP contribution in [-0.4, -0.2) is 46.3 Å². The molecule has 0 aliphatic rings. The summed E-state index contributed by atoms with van der Waals surface area (Å²) in [5, 5.41) is 10.4.